The Bertz CT molecular complexity index is 319. The fourth-order valence-electron chi connectivity index (χ4n) is 0.790. The lowest BCUT2D eigenvalue weighted by atomic mass is 10.1. The SMILES string of the molecule is CC(C(=O)O)=C(C)C(=O)NCC(C)(O)CO. The lowest BCUT2D eigenvalue weighted by molar-refractivity contribution is -0.133. The molecule has 1 atom stereocenters. The first-order valence-electron chi connectivity index (χ1n) is 4.73. The Balaban J connectivity index is 4.50. The van der Waals surface area contributed by atoms with Crippen LogP contribution in [0.1, 0.15) is 20.8 Å². The van der Waals surface area contributed by atoms with Crippen LogP contribution in [0.25, 0.3) is 0 Å². The molecule has 6 nitrogen and oxygen atoms in total. The molecule has 0 fully saturated rings. The van der Waals surface area contributed by atoms with Gasteiger partial charge in [0, 0.05) is 17.7 Å². The van der Waals surface area contributed by atoms with Crippen molar-refractivity contribution in [3.05, 3.63) is 11.1 Å². The third kappa shape index (κ3) is 4.41. The van der Waals surface area contributed by atoms with E-state index in [-0.39, 0.29) is 17.7 Å². The summed E-state index contributed by atoms with van der Waals surface area (Å²) in [7, 11) is 0. The zero-order valence-electron chi connectivity index (χ0n) is 9.57. The molecule has 92 valence electrons. The van der Waals surface area contributed by atoms with Crippen LogP contribution in [0.2, 0.25) is 0 Å². The molecule has 1 unspecified atom stereocenters. The molecule has 0 aliphatic heterocycles. The standard InChI is InChI=1S/C10H17NO5/c1-6(7(2)9(14)15)8(13)11-4-10(3,16)5-12/h12,16H,4-5H2,1-3H3,(H,11,13)(H,14,15). The largest absolute Gasteiger partial charge is 0.478 e. The molecule has 0 aromatic heterocycles. The van der Waals surface area contributed by atoms with Gasteiger partial charge in [-0.2, -0.15) is 0 Å². The fourth-order valence-corrected chi connectivity index (χ4v) is 0.790. The van der Waals surface area contributed by atoms with E-state index < -0.39 is 24.1 Å². The summed E-state index contributed by atoms with van der Waals surface area (Å²) in [5.74, 6) is -1.74. The molecule has 0 saturated heterocycles. The van der Waals surface area contributed by atoms with Gasteiger partial charge in [0.2, 0.25) is 5.91 Å². The van der Waals surface area contributed by atoms with Crippen LogP contribution >= 0.6 is 0 Å². The van der Waals surface area contributed by atoms with Gasteiger partial charge in [0.25, 0.3) is 0 Å². The second kappa shape index (κ2) is 5.62. The zero-order chi connectivity index (χ0) is 12.9. The molecule has 0 aliphatic carbocycles. The molecule has 6 heteroatoms. The predicted octanol–water partition coefficient (Wildman–Crippen LogP) is -0.733. The summed E-state index contributed by atoms with van der Waals surface area (Å²) < 4.78 is 0. The lowest BCUT2D eigenvalue weighted by Gasteiger charge is -2.20. The summed E-state index contributed by atoms with van der Waals surface area (Å²) in [5.41, 5.74) is -1.39. The first-order chi connectivity index (χ1) is 7.21. The van der Waals surface area contributed by atoms with Crippen molar-refractivity contribution in [3.63, 3.8) is 0 Å². The maximum absolute atomic E-state index is 11.4. The van der Waals surface area contributed by atoms with Gasteiger partial charge < -0.3 is 20.6 Å². The molecule has 0 spiro atoms. The highest BCUT2D eigenvalue weighted by Crippen LogP contribution is 2.05. The Morgan fingerprint density at radius 3 is 2.12 bits per heavy atom. The minimum atomic E-state index is -1.41. The van der Waals surface area contributed by atoms with E-state index in [0.717, 1.165) is 0 Å². The Labute approximate surface area is 93.6 Å². The van der Waals surface area contributed by atoms with E-state index in [4.69, 9.17) is 10.2 Å². The van der Waals surface area contributed by atoms with Gasteiger partial charge in [0.05, 0.1) is 6.61 Å². The minimum Gasteiger partial charge on any atom is -0.478 e. The van der Waals surface area contributed by atoms with E-state index in [1.165, 1.54) is 20.8 Å². The van der Waals surface area contributed by atoms with Crippen molar-refractivity contribution in [1.29, 1.82) is 0 Å². The van der Waals surface area contributed by atoms with E-state index in [0.29, 0.717) is 0 Å². The first-order valence-corrected chi connectivity index (χ1v) is 4.73. The minimum absolute atomic E-state index is 0.0545. The van der Waals surface area contributed by atoms with Crippen LogP contribution in [-0.2, 0) is 9.59 Å². The molecule has 0 radical (unpaired) electrons. The molecule has 0 heterocycles. The van der Waals surface area contributed by atoms with Crippen molar-refractivity contribution in [3.8, 4) is 0 Å². The molecular formula is C10H17NO5. The van der Waals surface area contributed by atoms with Crippen LogP contribution in [-0.4, -0.2) is 45.9 Å². The smallest absolute Gasteiger partial charge is 0.331 e. The van der Waals surface area contributed by atoms with Gasteiger partial charge in [-0.1, -0.05) is 0 Å². The van der Waals surface area contributed by atoms with Crippen LogP contribution < -0.4 is 5.32 Å². The van der Waals surface area contributed by atoms with Gasteiger partial charge in [-0.3, -0.25) is 4.79 Å². The van der Waals surface area contributed by atoms with Crippen LogP contribution in [0.15, 0.2) is 11.1 Å². The average Bonchev–Trinajstić information content (AvgIpc) is 2.23. The molecular weight excluding hydrogens is 214 g/mol. The predicted molar refractivity (Wildman–Crippen MR) is 56.7 cm³/mol. The number of carbonyl (C=O) groups is 2. The Hall–Kier alpha value is -1.40. The second-order valence-electron chi connectivity index (χ2n) is 3.89. The van der Waals surface area contributed by atoms with Gasteiger partial charge in [-0.25, -0.2) is 4.79 Å². The quantitative estimate of drug-likeness (QED) is 0.466. The topological polar surface area (TPSA) is 107 Å². The highest BCUT2D eigenvalue weighted by Gasteiger charge is 2.21. The number of aliphatic hydroxyl groups is 2. The third-order valence-electron chi connectivity index (χ3n) is 2.19. The van der Waals surface area contributed by atoms with Gasteiger partial charge in [-0.05, 0) is 20.8 Å². The van der Waals surface area contributed by atoms with Crippen LogP contribution in [0.3, 0.4) is 0 Å². The van der Waals surface area contributed by atoms with Gasteiger partial charge in [0.15, 0.2) is 0 Å². The Morgan fingerprint density at radius 2 is 1.75 bits per heavy atom. The van der Waals surface area contributed by atoms with E-state index in [1.807, 2.05) is 0 Å². The number of hydrogen-bond donors (Lipinski definition) is 4. The second-order valence-corrected chi connectivity index (χ2v) is 3.89. The van der Waals surface area contributed by atoms with Crippen molar-refractivity contribution in [2.24, 2.45) is 0 Å². The van der Waals surface area contributed by atoms with Gasteiger partial charge in [0.1, 0.15) is 5.60 Å². The van der Waals surface area contributed by atoms with Crippen molar-refractivity contribution < 1.29 is 24.9 Å². The van der Waals surface area contributed by atoms with Crippen LogP contribution in [0, 0.1) is 0 Å². The fraction of sp³-hybridized carbons (Fsp3) is 0.600. The monoisotopic (exact) mass is 231 g/mol. The normalized spacial score (nSPS) is 16.1. The Morgan fingerprint density at radius 1 is 1.25 bits per heavy atom. The molecule has 0 aromatic rings. The molecule has 4 N–H and O–H groups in total. The van der Waals surface area contributed by atoms with E-state index in [9.17, 15) is 14.7 Å². The van der Waals surface area contributed by atoms with Crippen molar-refractivity contribution in [2.75, 3.05) is 13.2 Å². The number of aliphatic carboxylic acids is 1. The number of carboxylic acid groups (broad SMARTS) is 1. The molecule has 0 aromatic carbocycles. The number of carbonyl (C=O) groups excluding carboxylic acids is 1. The van der Waals surface area contributed by atoms with Crippen LogP contribution in [0.5, 0.6) is 0 Å². The summed E-state index contributed by atoms with van der Waals surface area (Å²) in [6.45, 7) is 3.42. The number of aliphatic hydroxyl groups excluding tert-OH is 1. The molecule has 0 aliphatic rings. The maximum atomic E-state index is 11.4. The molecule has 0 saturated carbocycles. The lowest BCUT2D eigenvalue weighted by Crippen LogP contribution is -2.43. The molecule has 16 heavy (non-hydrogen) atoms. The number of amides is 1. The highest BCUT2D eigenvalue weighted by atomic mass is 16.4. The van der Waals surface area contributed by atoms with Crippen molar-refractivity contribution in [2.45, 2.75) is 26.4 Å². The third-order valence-corrected chi connectivity index (χ3v) is 2.19. The molecule has 0 bridgehead atoms. The van der Waals surface area contributed by atoms with Crippen molar-refractivity contribution in [1.82, 2.24) is 5.32 Å². The molecule has 1 amide bonds. The summed E-state index contributed by atoms with van der Waals surface area (Å²) in [6.07, 6.45) is 0. The Kier molecular flexibility index (Phi) is 5.13. The first kappa shape index (κ1) is 14.6. The number of nitrogens with one attached hydrogen (secondary N) is 1. The number of hydrogen-bond acceptors (Lipinski definition) is 4. The van der Waals surface area contributed by atoms with Gasteiger partial charge >= 0.3 is 5.97 Å². The van der Waals surface area contributed by atoms with E-state index in [1.54, 1.807) is 0 Å². The summed E-state index contributed by atoms with van der Waals surface area (Å²) in [5, 5.41) is 29.1. The van der Waals surface area contributed by atoms with E-state index in [2.05, 4.69) is 5.32 Å². The number of carboxylic acids is 1. The van der Waals surface area contributed by atoms with Crippen LogP contribution in [0.4, 0.5) is 0 Å². The summed E-state index contributed by atoms with van der Waals surface area (Å²) >= 11 is 0. The average molecular weight is 231 g/mol. The zero-order valence-corrected chi connectivity index (χ0v) is 9.57. The highest BCUT2D eigenvalue weighted by molar-refractivity contribution is 6.01. The summed E-state index contributed by atoms with van der Waals surface area (Å²) in [6, 6.07) is 0. The van der Waals surface area contributed by atoms with Gasteiger partial charge in [-0.15, -0.1) is 0 Å². The maximum Gasteiger partial charge on any atom is 0.331 e. The summed E-state index contributed by atoms with van der Waals surface area (Å²) in [4.78, 5) is 22.0. The van der Waals surface area contributed by atoms with E-state index >= 15 is 0 Å². The molecule has 0 rings (SSSR count). The number of rotatable bonds is 5. The van der Waals surface area contributed by atoms with Crippen molar-refractivity contribution >= 4 is 11.9 Å².